The number of nitriles is 2. The van der Waals surface area contributed by atoms with Crippen LogP contribution in [0.2, 0.25) is 0 Å². The maximum absolute atomic E-state index is 8.96. The van der Waals surface area contributed by atoms with Gasteiger partial charge in [-0.3, -0.25) is 0 Å². The van der Waals surface area contributed by atoms with Crippen LogP contribution in [0.5, 0.6) is 11.5 Å². The maximum atomic E-state index is 8.96. The Labute approximate surface area is 131 Å². The average Bonchev–Trinajstić information content (AvgIpc) is 2.54. The molecule has 0 aromatic heterocycles. The van der Waals surface area contributed by atoms with Crippen LogP contribution in [0.15, 0.2) is 60.2 Å². The van der Waals surface area contributed by atoms with Gasteiger partial charge in [-0.1, -0.05) is 46.3 Å². The van der Waals surface area contributed by atoms with Crippen molar-refractivity contribution in [2.75, 3.05) is 5.33 Å². The lowest BCUT2D eigenvalue weighted by atomic mass is 10.0. The summed E-state index contributed by atoms with van der Waals surface area (Å²) in [5.74, 6) is 1.46. The molecule has 3 nitrogen and oxygen atoms in total. The Morgan fingerprint density at radius 2 is 1.48 bits per heavy atom. The molecular weight excluding hydrogens is 328 g/mol. The van der Waals surface area contributed by atoms with E-state index in [2.05, 4.69) is 15.9 Å². The molecule has 2 aromatic carbocycles. The van der Waals surface area contributed by atoms with E-state index < -0.39 is 0 Å². The standard InChI is InChI=1S/C17H11BrN2O/c18-10-17(14(11-19)12-20)13-6-8-16(9-7-13)21-15-4-2-1-3-5-15/h1-9H,10H2. The summed E-state index contributed by atoms with van der Waals surface area (Å²) in [6.45, 7) is 0. The highest BCUT2D eigenvalue weighted by Gasteiger charge is 2.08. The second kappa shape index (κ2) is 7.28. The van der Waals surface area contributed by atoms with E-state index in [-0.39, 0.29) is 5.57 Å². The number of allylic oxidation sites excluding steroid dienone is 2. The van der Waals surface area contributed by atoms with Crippen molar-refractivity contribution in [2.45, 2.75) is 0 Å². The Hall–Kier alpha value is -2.56. The summed E-state index contributed by atoms with van der Waals surface area (Å²) in [5, 5.41) is 18.4. The maximum Gasteiger partial charge on any atom is 0.134 e. The van der Waals surface area contributed by atoms with Gasteiger partial charge in [0.05, 0.1) is 0 Å². The zero-order valence-corrected chi connectivity index (χ0v) is 12.7. The van der Waals surface area contributed by atoms with Gasteiger partial charge < -0.3 is 4.74 Å². The molecule has 4 heteroatoms. The molecule has 0 spiro atoms. The first kappa shape index (κ1) is 14.8. The predicted octanol–water partition coefficient (Wildman–Crippen LogP) is 4.67. The number of benzene rings is 2. The SMILES string of the molecule is N#CC(C#N)=C(CBr)c1ccc(Oc2ccccc2)cc1. The molecule has 0 N–H and O–H groups in total. The highest BCUT2D eigenvalue weighted by Crippen LogP contribution is 2.26. The first-order valence-corrected chi connectivity index (χ1v) is 7.33. The summed E-state index contributed by atoms with van der Waals surface area (Å²) in [5.41, 5.74) is 1.61. The summed E-state index contributed by atoms with van der Waals surface area (Å²) in [6.07, 6.45) is 0. The van der Waals surface area contributed by atoms with Crippen LogP contribution in [0, 0.1) is 22.7 Å². The van der Waals surface area contributed by atoms with Gasteiger partial charge in [-0.15, -0.1) is 0 Å². The van der Waals surface area contributed by atoms with Gasteiger partial charge in [0.1, 0.15) is 29.2 Å². The van der Waals surface area contributed by atoms with E-state index >= 15 is 0 Å². The van der Waals surface area contributed by atoms with Crippen molar-refractivity contribution in [3.63, 3.8) is 0 Å². The van der Waals surface area contributed by atoms with Gasteiger partial charge in [0.2, 0.25) is 0 Å². The van der Waals surface area contributed by atoms with E-state index in [1.165, 1.54) is 0 Å². The van der Waals surface area contributed by atoms with E-state index in [9.17, 15) is 0 Å². The number of rotatable bonds is 4. The topological polar surface area (TPSA) is 56.8 Å². The molecule has 0 unspecified atom stereocenters. The second-order valence-electron chi connectivity index (χ2n) is 4.15. The molecule has 2 rings (SSSR count). The molecule has 0 saturated carbocycles. The van der Waals surface area contributed by atoms with Gasteiger partial charge in [-0.2, -0.15) is 10.5 Å². The molecular formula is C17H11BrN2O. The Morgan fingerprint density at radius 3 is 2.00 bits per heavy atom. The minimum Gasteiger partial charge on any atom is -0.457 e. The Kier molecular flexibility index (Phi) is 5.15. The third-order valence-corrected chi connectivity index (χ3v) is 3.40. The van der Waals surface area contributed by atoms with Crippen molar-refractivity contribution >= 4 is 21.5 Å². The fraction of sp³-hybridized carbons (Fsp3) is 0.0588. The number of ether oxygens (including phenoxy) is 1. The second-order valence-corrected chi connectivity index (χ2v) is 4.71. The summed E-state index contributed by atoms with van der Waals surface area (Å²) in [6, 6.07) is 20.6. The summed E-state index contributed by atoms with van der Waals surface area (Å²) in [7, 11) is 0. The molecule has 102 valence electrons. The lowest BCUT2D eigenvalue weighted by molar-refractivity contribution is 0.482. The molecule has 0 bridgehead atoms. The fourth-order valence-corrected chi connectivity index (χ4v) is 2.40. The van der Waals surface area contributed by atoms with Crippen LogP contribution in [0.4, 0.5) is 0 Å². The predicted molar refractivity (Wildman–Crippen MR) is 84.9 cm³/mol. The molecule has 0 fully saturated rings. The molecule has 0 atom stereocenters. The van der Waals surface area contributed by atoms with Gasteiger partial charge in [-0.25, -0.2) is 0 Å². The zero-order chi connectivity index (χ0) is 15.1. The highest BCUT2D eigenvalue weighted by atomic mass is 79.9. The van der Waals surface area contributed by atoms with Crippen LogP contribution in [0.25, 0.3) is 5.57 Å². The Balaban J connectivity index is 2.26. The van der Waals surface area contributed by atoms with Crippen molar-refractivity contribution in [2.24, 2.45) is 0 Å². The summed E-state index contributed by atoms with van der Waals surface area (Å²) >= 11 is 3.32. The lowest BCUT2D eigenvalue weighted by Gasteiger charge is -2.08. The third-order valence-electron chi connectivity index (χ3n) is 2.84. The van der Waals surface area contributed by atoms with E-state index in [0.29, 0.717) is 16.7 Å². The van der Waals surface area contributed by atoms with Crippen molar-refractivity contribution < 1.29 is 4.74 Å². The molecule has 0 aliphatic heterocycles. The molecule has 0 saturated heterocycles. The van der Waals surface area contributed by atoms with Gasteiger partial charge in [0.15, 0.2) is 0 Å². The zero-order valence-electron chi connectivity index (χ0n) is 11.1. The van der Waals surface area contributed by atoms with E-state index in [4.69, 9.17) is 15.3 Å². The molecule has 0 aliphatic carbocycles. The number of halogens is 1. The monoisotopic (exact) mass is 338 g/mol. The van der Waals surface area contributed by atoms with Gasteiger partial charge >= 0.3 is 0 Å². The lowest BCUT2D eigenvalue weighted by Crippen LogP contribution is -1.91. The van der Waals surface area contributed by atoms with Crippen LogP contribution >= 0.6 is 15.9 Å². The number of alkyl halides is 1. The fourth-order valence-electron chi connectivity index (χ4n) is 1.80. The van der Waals surface area contributed by atoms with Crippen molar-refractivity contribution in [1.82, 2.24) is 0 Å². The Morgan fingerprint density at radius 1 is 0.905 bits per heavy atom. The number of para-hydroxylation sites is 1. The highest BCUT2D eigenvalue weighted by molar-refractivity contribution is 9.09. The average molecular weight is 339 g/mol. The molecule has 0 amide bonds. The van der Waals surface area contributed by atoms with Crippen LogP contribution in [0.3, 0.4) is 0 Å². The van der Waals surface area contributed by atoms with Crippen LogP contribution < -0.4 is 4.74 Å². The van der Waals surface area contributed by atoms with Gasteiger partial charge in [0.25, 0.3) is 0 Å². The molecule has 0 radical (unpaired) electrons. The number of hydrogen-bond donors (Lipinski definition) is 0. The molecule has 0 heterocycles. The first-order valence-electron chi connectivity index (χ1n) is 6.21. The van der Waals surface area contributed by atoms with Gasteiger partial charge in [0, 0.05) is 5.33 Å². The largest absolute Gasteiger partial charge is 0.457 e. The smallest absolute Gasteiger partial charge is 0.134 e. The van der Waals surface area contributed by atoms with Crippen molar-refractivity contribution in [3.8, 4) is 23.6 Å². The first-order chi connectivity index (χ1) is 10.3. The minimum atomic E-state index is 0.114. The third kappa shape index (κ3) is 3.72. The normalized spacial score (nSPS) is 9.29. The van der Waals surface area contributed by atoms with Gasteiger partial charge in [-0.05, 0) is 35.4 Å². The van der Waals surface area contributed by atoms with E-state index in [1.807, 2.05) is 66.7 Å². The minimum absolute atomic E-state index is 0.114. The Bertz CT molecular complexity index is 706. The van der Waals surface area contributed by atoms with E-state index in [0.717, 1.165) is 11.3 Å². The van der Waals surface area contributed by atoms with Crippen molar-refractivity contribution in [3.05, 3.63) is 65.7 Å². The quantitative estimate of drug-likeness (QED) is 0.601. The molecule has 2 aromatic rings. The van der Waals surface area contributed by atoms with E-state index in [1.54, 1.807) is 0 Å². The van der Waals surface area contributed by atoms with Crippen LogP contribution in [-0.4, -0.2) is 5.33 Å². The van der Waals surface area contributed by atoms with Crippen molar-refractivity contribution in [1.29, 1.82) is 10.5 Å². The number of hydrogen-bond acceptors (Lipinski definition) is 3. The summed E-state index contributed by atoms with van der Waals surface area (Å²) < 4.78 is 5.70. The van der Waals surface area contributed by atoms with Crippen LogP contribution in [0.1, 0.15) is 5.56 Å². The molecule has 21 heavy (non-hydrogen) atoms. The summed E-state index contributed by atoms with van der Waals surface area (Å²) in [4.78, 5) is 0. The van der Waals surface area contributed by atoms with Crippen LogP contribution in [-0.2, 0) is 0 Å². The molecule has 0 aliphatic rings. The number of nitrogens with zero attached hydrogens (tertiary/aromatic N) is 2.